The lowest BCUT2D eigenvalue weighted by molar-refractivity contribution is -0.290. The van der Waals surface area contributed by atoms with Crippen LogP contribution in [0.4, 0.5) is 0 Å². The average molecular weight is 461 g/mol. The predicted molar refractivity (Wildman–Crippen MR) is 113 cm³/mol. The topological polar surface area (TPSA) is 127 Å². The number of esters is 2. The van der Waals surface area contributed by atoms with E-state index in [0.29, 0.717) is 19.3 Å². The van der Waals surface area contributed by atoms with E-state index in [1.165, 1.54) is 0 Å². The fraction of sp³-hybridized carbons (Fsp3) is 0.760. The molecule has 5 rings (SSSR count). The van der Waals surface area contributed by atoms with Gasteiger partial charge < -0.3 is 19.7 Å². The molecule has 2 N–H and O–H groups in total. The summed E-state index contributed by atoms with van der Waals surface area (Å²) < 4.78 is 11.6. The van der Waals surface area contributed by atoms with Crippen LogP contribution in [0.2, 0.25) is 0 Å². The predicted octanol–water partition coefficient (Wildman–Crippen LogP) is 1.85. The van der Waals surface area contributed by atoms with Gasteiger partial charge in [-0.05, 0) is 62.4 Å². The van der Waals surface area contributed by atoms with E-state index >= 15 is 0 Å². The van der Waals surface area contributed by atoms with Gasteiger partial charge in [-0.3, -0.25) is 19.2 Å². The van der Waals surface area contributed by atoms with Crippen LogP contribution in [-0.4, -0.2) is 52.2 Å². The van der Waals surface area contributed by atoms with Crippen molar-refractivity contribution in [3.8, 4) is 0 Å². The third kappa shape index (κ3) is 3.02. The Morgan fingerprint density at radius 2 is 1.73 bits per heavy atom. The molecule has 3 saturated carbocycles. The minimum atomic E-state index is -1.77. The van der Waals surface area contributed by atoms with Gasteiger partial charge in [0.25, 0.3) is 5.79 Å². The maximum absolute atomic E-state index is 12.7. The van der Waals surface area contributed by atoms with Crippen molar-refractivity contribution in [2.75, 3.05) is 6.61 Å². The van der Waals surface area contributed by atoms with Gasteiger partial charge in [0, 0.05) is 11.8 Å². The molecular formula is C25H32O8. The maximum atomic E-state index is 12.7. The molecule has 33 heavy (non-hydrogen) atoms. The van der Waals surface area contributed by atoms with Crippen molar-refractivity contribution in [1.29, 1.82) is 0 Å². The van der Waals surface area contributed by atoms with Gasteiger partial charge in [0.1, 0.15) is 6.61 Å². The number of ketones is 2. The molecule has 1 heterocycles. The summed E-state index contributed by atoms with van der Waals surface area (Å²) in [5, 5.41) is 21.1. The zero-order valence-electron chi connectivity index (χ0n) is 19.2. The Morgan fingerprint density at radius 1 is 1.06 bits per heavy atom. The number of aliphatic hydroxyl groups excluding tert-OH is 2. The third-order valence-corrected chi connectivity index (χ3v) is 9.70. The summed E-state index contributed by atoms with van der Waals surface area (Å²) in [6.07, 6.45) is 3.41. The van der Waals surface area contributed by atoms with Crippen LogP contribution in [0.15, 0.2) is 11.6 Å². The molecule has 180 valence electrons. The number of aliphatic hydroxyl groups is 2. The van der Waals surface area contributed by atoms with Gasteiger partial charge in [0.05, 0.1) is 30.8 Å². The van der Waals surface area contributed by atoms with Crippen LogP contribution in [0.25, 0.3) is 0 Å². The number of carbonyl (C=O) groups is 4. The smallest absolute Gasteiger partial charge is 0.309 e. The fourth-order valence-corrected chi connectivity index (χ4v) is 8.36. The molecule has 0 aromatic rings. The van der Waals surface area contributed by atoms with E-state index < -0.39 is 47.2 Å². The van der Waals surface area contributed by atoms with Crippen LogP contribution >= 0.6 is 0 Å². The molecule has 7 atom stereocenters. The lowest BCUT2D eigenvalue weighted by Gasteiger charge is -2.62. The van der Waals surface area contributed by atoms with E-state index in [1.807, 2.05) is 13.8 Å². The third-order valence-electron chi connectivity index (χ3n) is 9.70. The lowest BCUT2D eigenvalue weighted by atomic mass is 9.44. The zero-order chi connectivity index (χ0) is 23.8. The van der Waals surface area contributed by atoms with Crippen LogP contribution in [0.3, 0.4) is 0 Å². The number of hydrogen-bond acceptors (Lipinski definition) is 8. The zero-order valence-corrected chi connectivity index (χ0v) is 19.2. The van der Waals surface area contributed by atoms with Crippen LogP contribution in [0, 0.1) is 34.5 Å². The first-order valence-corrected chi connectivity index (χ1v) is 12.0. The highest BCUT2D eigenvalue weighted by molar-refractivity contribution is 5.94. The van der Waals surface area contributed by atoms with Crippen molar-refractivity contribution in [3.63, 3.8) is 0 Å². The summed E-state index contributed by atoms with van der Waals surface area (Å²) in [5.74, 6) is -3.93. The number of hydrogen-bond donors (Lipinski definition) is 2. The summed E-state index contributed by atoms with van der Waals surface area (Å²) in [6.45, 7) is 3.41. The number of Topliss-reactive ketones (excluding diaryl/α,β-unsaturated/α-hetero) is 1. The molecule has 8 nitrogen and oxygen atoms in total. The number of carbonyl (C=O) groups excluding carboxylic acids is 4. The molecule has 5 aliphatic rings. The second-order valence-corrected chi connectivity index (χ2v) is 11.1. The second-order valence-electron chi connectivity index (χ2n) is 11.1. The van der Waals surface area contributed by atoms with Gasteiger partial charge in [-0.1, -0.05) is 12.5 Å². The Morgan fingerprint density at radius 3 is 2.36 bits per heavy atom. The van der Waals surface area contributed by atoms with Gasteiger partial charge >= 0.3 is 11.9 Å². The van der Waals surface area contributed by atoms with E-state index in [0.717, 1.165) is 18.4 Å². The molecular weight excluding hydrogens is 428 g/mol. The summed E-state index contributed by atoms with van der Waals surface area (Å²) in [5.41, 5.74) is -0.725. The highest BCUT2D eigenvalue weighted by atomic mass is 16.7. The van der Waals surface area contributed by atoms with Crippen molar-refractivity contribution < 1.29 is 38.9 Å². The molecule has 0 radical (unpaired) electrons. The Balaban J connectivity index is 1.61. The minimum Gasteiger partial charge on any atom is -0.421 e. The summed E-state index contributed by atoms with van der Waals surface area (Å²) in [7, 11) is 0. The molecule has 1 aliphatic heterocycles. The molecule has 4 fully saturated rings. The average Bonchev–Trinajstić information content (AvgIpc) is 3.01. The normalized spacial score (nSPS) is 44.1. The van der Waals surface area contributed by atoms with Gasteiger partial charge in [-0.15, -0.1) is 0 Å². The minimum absolute atomic E-state index is 0.00290. The van der Waals surface area contributed by atoms with E-state index in [4.69, 9.17) is 9.47 Å². The van der Waals surface area contributed by atoms with Crippen molar-refractivity contribution in [1.82, 2.24) is 0 Å². The van der Waals surface area contributed by atoms with Crippen molar-refractivity contribution in [3.05, 3.63) is 11.6 Å². The van der Waals surface area contributed by atoms with Crippen LogP contribution < -0.4 is 0 Å². The first kappa shape index (κ1) is 22.7. The fourth-order valence-electron chi connectivity index (χ4n) is 8.36. The Bertz CT molecular complexity index is 934. The molecule has 0 aromatic carbocycles. The van der Waals surface area contributed by atoms with Gasteiger partial charge in [-0.2, -0.15) is 0 Å². The van der Waals surface area contributed by atoms with Crippen molar-refractivity contribution in [2.45, 2.75) is 77.1 Å². The highest BCUT2D eigenvalue weighted by Gasteiger charge is 2.71. The van der Waals surface area contributed by atoms with E-state index in [2.05, 4.69) is 0 Å². The maximum Gasteiger partial charge on any atom is 0.309 e. The number of fused-ring (bicyclic) bond motifs is 6. The van der Waals surface area contributed by atoms with Crippen LogP contribution in [0.5, 0.6) is 0 Å². The lowest BCUT2D eigenvalue weighted by Crippen LogP contribution is -2.66. The largest absolute Gasteiger partial charge is 0.421 e. The summed E-state index contributed by atoms with van der Waals surface area (Å²) >= 11 is 0. The Hall–Kier alpha value is -2.06. The van der Waals surface area contributed by atoms with Crippen LogP contribution in [-0.2, 0) is 28.7 Å². The van der Waals surface area contributed by atoms with Crippen LogP contribution in [0.1, 0.15) is 65.2 Å². The Kier molecular flexibility index (Phi) is 5.14. The van der Waals surface area contributed by atoms with Crippen molar-refractivity contribution in [2.24, 2.45) is 34.5 Å². The molecule has 4 aliphatic carbocycles. The van der Waals surface area contributed by atoms with Gasteiger partial charge in [-0.25, -0.2) is 0 Å². The van der Waals surface area contributed by atoms with E-state index in [9.17, 15) is 29.4 Å². The molecule has 1 saturated heterocycles. The quantitative estimate of drug-likeness (QED) is 0.598. The first-order valence-electron chi connectivity index (χ1n) is 12.0. The molecule has 8 heteroatoms. The standard InChI is InChI=1S/C25H32O8/c1-23-11-18(28)22-15(16(23)5-6-17(23)19(29)12-26)4-3-13-9-14(27)10-25(24(13,22)2)32-20(30)7-8-21(31)33-25/h9,15-18,22,26,28H,3-8,10-12H2,1-2H3/t15-,16-,17+,18-,22+,23-,24-/m0/s1. The van der Waals surface area contributed by atoms with Gasteiger partial charge in [0.15, 0.2) is 11.6 Å². The molecule has 0 amide bonds. The molecule has 1 spiro atoms. The van der Waals surface area contributed by atoms with E-state index in [1.54, 1.807) is 6.08 Å². The highest BCUT2D eigenvalue weighted by Crippen LogP contribution is 2.69. The molecule has 0 unspecified atom stereocenters. The number of ether oxygens (including phenoxy) is 2. The monoisotopic (exact) mass is 460 g/mol. The Labute approximate surface area is 192 Å². The van der Waals surface area contributed by atoms with Crippen molar-refractivity contribution >= 4 is 23.5 Å². The second kappa shape index (κ2) is 7.47. The molecule has 0 bridgehead atoms. The summed E-state index contributed by atoms with van der Waals surface area (Å²) in [6, 6.07) is 0. The molecule has 0 aromatic heterocycles. The van der Waals surface area contributed by atoms with E-state index in [-0.39, 0.29) is 48.6 Å². The number of rotatable bonds is 2. The first-order chi connectivity index (χ1) is 15.6. The SMILES string of the molecule is C[C@]12C[C@H](O)[C@H]3[C@@H](CCC4=CC(=O)CC5(OC(=O)CCC(=O)O5)[C@@]43C)[C@@H]1CC[C@@H]2C(=O)CO. The van der Waals surface area contributed by atoms with Gasteiger partial charge in [0.2, 0.25) is 0 Å². The summed E-state index contributed by atoms with van der Waals surface area (Å²) in [4.78, 5) is 50.3.